The van der Waals surface area contributed by atoms with Crippen LogP contribution in [0.2, 0.25) is 10.0 Å². The van der Waals surface area contributed by atoms with Crippen molar-refractivity contribution in [3.63, 3.8) is 0 Å². The number of nitrogen functional groups attached to an aromatic ring is 1. The average molecular weight is 221 g/mol. The van der Waals surface area contributed by atoms with Gasteiger partial charge in [-0.3, -0.25) is 0 Å². The van der Waals surface area contributed by atoms with Crippen molar-refractivity contribution < 1.29 is 0 Å². The molecule has 1 aromatic rings. The predicted octanol–water partition coefficient (Wildman–Crippen LogP) is 2.21. The number of halogens is 2. The lowest BCUT2D eigenvalue weighted by atomic mass is 10.2. The zero-order valence-corrected chi connectivity index (χ0v) is 8.30. The van der Waals surface area contributed by atoms with E-state index >= 15 is 0 Å². The van der Waals surface area contributed by atoms with Gasteiger partial charge in [0.05, 0.1) is 10.7 Å². The van der Waals surface area contributed by atoms with Gasteiger partial charge in [-0.15, -0.1) is 0 Å². The Morgan fingerprint density at radius 2 is 1.92 bits per heavy atom. The van der Waals surface area contributed by atoms with Crippen molar-refractivity contribution in [3.8, 4) is 0 Å². The molecule has 0 bridgehead atoms. The second-order valence-electron chi connectivity index (χ2n) is 2.21. The van der Waals surface area contributed by atoms with E-state index in [9.17, 15) is 0 Å². The Bertz CT molecular complexity index is 338. The first-order valence-electron chi connectivity index (χ1n) is 3.06. The smallest absolute Gasteiger partial charge is 0.106 e. The summed E-state index contributed by atoms with van der Waals surface area (Å²) in [5.74, 6) is 0. The molecule has 1 rings (SSSR count). The van der Waals surface area contributed by atoms with E-state index in [4.69, 9.17) is 46.9 Å². The highest BCUT2D eigenvalue weighted by Crippen LogP contribution is 2.27. The van der Waals surface area contributed by atoms with Crippen molar-refractivity contribution in [1.29, 1.82) is 0 Å². The molecule has 0 heterocycles. The number of rotatable bonds is 1. The molecule has 0 aliphatic heterocycles. The van der Waals surface area contributed by atoms with Crippen molar-refractivity contribution in [1.82, 2.24) is 0 Å². The van der Waals surface area contributed by atoms with Crippen LogP contribution in [0, 0.1) is 0 Å². The molecule has 5 heteroatoms. The Balaban J connectivity index is 3.37. The van der Waals surface area contributed by atoms with E-state index in [1.807, 2.05) is 0 Å². The lowest BCUT2D eigenvalue weighted by Gasteiger charge is -2.05. The summed E-state index contributed by atoms with van der Waals surface area (Å²) in [5.41, 5.74) is 11.9. The fourth-order valence-corrected chi connectivity index (χ4v) is 1.45. The number of anilines is 1. The summed E-state index contributed by atoms with van der Waals surface area (Å²) in [6, 6.07) is 3.13. The zero-order valence-electron chi connectivity index (χ0n) is 5.97. The Kier molecular flexibility index (Phi) is 2.77. The fourth-order valence-electron chi connectivity index (χ4n) is 0.789. The van der Waals surface area contributed by atoms with Gasteiger partial charge in [0.2, 0.25) is 0 Å². The first kappa shape index (κ1) is 9.58. The maximum atomic E-state index is 5.74. The summed E-state index contributed by atoms with van der Waals surface area (Å²) in [6.07, 6.45) is 0. The highest BCUT2D eigenvalue weighted by atomic mass is 35.5. The number of hydrogen-bond donors (Lipinski definition) is 2. The molecule has 0 unspecified atom stereocenters. The zero-order chi connectivity index (χ0) is 9.30. The molecule has 4 N–H and O–H groups in total. The van der Waals surface area contributed by atoms with Crippen molar-refractivity contribution >= 4 is 46.1 Å². The largest absolute Gasteiger partial charge is 0.397 e. The van der Waals surface area contributed by atoms with E-state index in [1.165, 1.54) is 0 Å². The fraction of sp³-hybridized carbons (Fsp3) is 0. The van der Waals surface area contributed by atoms with Crippen LogP contribution in [-0.4, -0.2) is 4.99 Å². The predicted molar refractivity (Wildman–Crippen MR) is 56.8 cm³/mol. The van der Waals surface area contributed by atoms with E-state index < -0.39 is 0 Å². The summed E-state index contributed by atoms with van der Waals surface area (Å²) in [5, 5.41) is 0.835. The Morgan fingerprint density at radius 1 is 1.33 bits per heavy atom. The summed E-state index contributed by atoms with van der Waals surface area (Å²) in [7, 11) is 0. The molecule has 0 saturated carbocycles. The molecule has 0 spiro atoms. The molecule has 0 aromatic heterocycles. The minimum absolute atomic E-state index is 0.192. The van der Waals surface area contributed by atoms with E-state index in [2.05, 4.69) is 0 Å². The molecular formula is C7H6Cl2N2S. The van der Waals surface area contributed by atoms with Crippen LogP contribution < -0.4 is 11.5 Å². The van der Waals surface area contributed by atoms with Crippen LogP contribution in [0.25, 0.3) is 0 Å². The molecule has 64 valence electrons. The van der Waals surface area contributed by atoms with Gasteiger partial charge in [-0.25, -0.2) is 0 Å². The highest BCUT2D eigenvalue weighted by molar-refractivity contribution is 7.80. The van der Waals surface area contributed by atoms with E-state index in [0.717, 1.165) is 0 Å². The van der Waals surface area contributed by atoms with E-state index in [-0.39, 0.29) is 4.99 Å². The molecular weight excluding hydrogens is 215 g/mol. The van der Waals surface area contributed by atoms with Crippen molar-refractivity contribution in [2.24, 2.45) is 5.73 Å². The first-order chi connectivity index (χ1) is 5.52. The summed E-state index contributed by atoms with van der Waals surface area (Å²) >= 11 is 16.2. The number of nitrogens with two attached hydrogens (primary N) is 2. The Hall–Kier alpha value is -0.510. The topological polar surface area (TPSA) is 52.0 Å². The molecule has 0 aliphatic rings. The lowest BCUT2D eigenvalue weighted by Crippen LogP contribution is -2.12. The van der Waals surface area contributed by atoms with E-state index in [1.54, 1.807) is 12.1 Å². The molecule has 0 atom stereocenters. The van der Waals surface area contributed by atoms with Gasteiger partial charge >= 0.3 is 0 Å². The third-order valence-corrected chi connectivity index (χ3v) is 2.11. The minimum atomic E-state index is 0.192. The second kappa shape index (κ2) is 3.47. The first-order valence-corrected chi connectivity index (χ1v) is 4.23. The molecule has 0 radical (unpaired) electrons. The average Bonchev–Trinajstić information content (AvgIpc) is 1.96. The maximum Gasteiger partial charge on any atom is 0.106 e. The van der Waals surface area contributed by atoms with Gasteiger partial charge in [0.1, 0.15) is 4.99 Å². The summed E-state index contributed by atoms with van der Waals surface area (Å²) < 4.78 is 0. The third-order valence-electron chi connectivity index (χ3n) is 1.36. The van der Waals surface area contributed by atoms with E-state index in [0.29, 0.717) is 21.3 Å². The van der Waals surface area contributed by atoms with Gasteiger partial charge in [0.15, 0.2) is 0 Å². The number of hydrogen-bond acceptors (Lipinski definition) is 2. The summed E-state index contributed by atoms with van der Waals surface area (Å²) in [4.78, 5) is 0.192. The standard InChI is InChI=1S/C7H6Cl2N2S/c8-3-1-4(7(11)12)6(10)5(9)2-3/h1-2H,10H2,(H2,11,12). The van der Waals surface area contributed by atoms with Crippen LogP contribution in [0.1, 0.15) is 5.56 Å². The SMILES string of the molecule is NC(=S)c1cc(Cl)cc(Cl)c1N. The Labute approximate surface area is 85.4 Å². The van der Waals surface area contributed by atoms with Gasteiger partial charge in [-0.1, -0.05) is 35.4 Å². The molecule has 2 nitrogen and oxygen atoms in total. The van der Waals surface area contributed by atoms with Crippen LogP contribution in [-0.2, 0) is 0 Å². The number of thiocarbonyl (C=S) groups is 1. The molecule has 12 heavy (non-hydrogen) atoms. The van der Waals surface area contributed by atoms with Crippen LogP contribution in [0.3, 0.4) is 0 Å². The van der Waals surface area contributed by atoms with Crippen LogP contribution in [0.5, 0.6) is 0 Å². The summed E-state index contributed by atoms with van der Waals surface area (Å²) in [6.45, 7) is 0. The minimum Gasteiger partial charge on any atom is -0.397 e. The van der Waals surface area contributed by atoms with Gasteiger partial charge in [-0.2, -0.15) is 0 Å². The van der Waals surface area contributed by atoms with Crippen LogP contribution in [0.15, 0.2) is 12.1 Å². The van der Waals surface area contributed by atoms with Crippen molar-refractivity contribution in [3.05, 3.63) is 27.7 Å². The molecule has 0 fully saturated rings. The quantitative estimate of drug-likeness (QED) is 0.564. The normalized spacial score (nSPS) is 9.83. The van der Waals surface area contributed by atoms with Gasteiger partial charge < -0.3 is 11.5 Å². The van der Waals surface area contributed by atoms with Crippen molar-refractivity contribution in [2.45, 2.75) is 0 Å². The highest BCUT2D eigenvalue weighted by Gasteiger charge is 2.07. The molecule has 0 aliphatic carbocycles. The van der Waals surface area contributed by atoms with Crippen LogP contribution in [0.4, 0.5) is 5.69 Å². The van der Waals surface area contributed by atoms with Crippen molar-refractivity contribution in [2.75, 3.05) is 5.73 Å². The second-order valence-corrected chi connectivity index (χ2v) is 3.50. The lowest BCUT2D eigenvalue weighted by molar-refractivity contribution is 1.61. The Morgan fingerprint density at radius 3 is 2.42 bits per heavy atom. The molecule has 0 saturated heterocycles. The van der Waals surface area contributed by atoms with Crippen LogP contribution >= 0.6 is 35.4 Å². The maximum absolute atomic E-state index is 5.74. The van der Waals surface area contributed by atoms with Gasteiger partial charge in [-0.05, 0) is 12.1 Å². The molecule has 0 amide bonds. The number of benzene rings is 1. The molecule has 1 aromatic carbocycles. The van der Waals surface area contributed by atoms with Gasteiger partial charge in [0, 0.05) is 10.6 Å². The monoisotopic (exact) mass is 220 g/mol. The third kappa shape index (κ3) is 1.80. The van der Waals surface area contributed by atoms with Gasteiger partial charge in [0.25, 0.3) is 0 Å².